The highest BCUT2D eigenvalue weighted by molar-refractivity contribution is 6.11. The van der Waals surface area contributed by atoms with Gasteiger partial charge < -0.3 is 82.7 Å². The normalized spacial score (nSPS) is 11.2. The van der Waals surface area contributed by atoms with Crippen LogP contribution in [0.25, 0.3) is 0 Å². The van der Waals surface area contributed by atoms with Gasteiger partial charge in [-0.25, -0.2) is 0 Å². The Labute approximate surface area is 763 Å². The Morgan fingerprint density at radius 2 is 0.311 bits per heavy atom. The Morgan fingerprint density at radius 3 is 0.432 bits per heavy atom. The second-order valence-electron chi connectivity index (χ2n) is 31.2. The monoisotopic (exact) mass is 1770 g/mol. The Bertz CT molecular complexity index is 5480. The third-order valence-corrected chi connectivity index (χ3v) is 21.5. The summed E-state index contributed by atoms with van der Waals surface area (Å²) >= 11 is 0. The second kappa shape index (κ2) is 43.8. The first-order chi connectivity index (χ1) is 63.9. The summed E-state index contributed by atoms with van der Waals surface area (Å²) in [5.41, 5.74) is 10.3. The molecule has 672 valence electrons. The number of hydrogen-bond acceptors (Lipinski definition) is 16. The van der Waals surface area contributed by atoms with Crippen LogP contribution in [0, 0.1) is 0 Å². The van der Waals surface area contributed by atoms with Crippen LogP contribution in [0.15, 0.2) is 243 Å². The largest absolute Gasteiger partial charge is 0.493 e. The van der Waals surface area contributed by atoms with Crippen LogP contribution in [0.2, 0.25) is 0 Å². The number of rotatable bonds is 32. The van der Waals surface area contributed by atoms with Gasteiger partial charge in [0.05, 0.1) is 26.4 Å². The van der Waals surface area contributed by atoms with Gasteiger partial charge in [-0.05, 0) is 313 Å². The van der Waals surface area contributed by atoms with E-state index < -0.39 is 47.3 Å². The average molecular weight is 1770 g/mol. The van der Waals surface area contributed by atoms with Gasteiger partial charge >= 0.3 is 0 Å². The molecule has 13 rings (SSSR count). The SMILES string of the molecule is CCCOc1c2cc(C(=O)Nc3ccc(NC(=O)c4ccc(C(=O)NC)cc4)cc3)cc1Cc1cc(C(=O)Nc3ccc(NC(=O)c4ccc(C(=O)NC)cc4)cc3)cc(c1OCCC)Cc1cc(C(=O)Nc3ccc(NC(=O)c4ccc(C(=O)NC)cc4)cc3)cc(c1OCCC)Cc1cc(C(=O)Nc3ccc(NC(=O)c4ccc(C(=O)NC)cc4)cc3)cc(c1OCCC)C2. The molecule has 0 fully saturated rings. The maximum absolute atomic E-state index is 15.5. The lowest BCUT2D eigenvalue weighted by atomic mass is 9.88. The van der Waals surface area contributed by atoms with Crippen molar-refractivity contribution in [2.75, 3.05) is 97.2 Å². The lowest BCUT2D eigenvalue weighted by molar-refractivity contribution is 0.0955. The molecule has 28 heteroatoms. The highest BCUT2D eigenvalue weighted by Crippen LogP contribution is 2.43. The highest BCUT2D eigenvalue weighted by Gasteiger charge is 2.30. The summed E-state index contributed by atoms with van der Waals surface area (Å²) in [4.78, 5) is 165. The molecule has 8 bridgehead atoms. The predicted molar refractivity (Wildman–Crippen MR) is 509 cm³/mol. The number of anilines is 8. The Morgan fingerprint density at radius 1 is 0.189 bits per heavy atom. The van der Waals surface area contributed by atoms with E-state index in [-0.39, 0.29) is 98.0 Å². The van der Waals surface area contributed by atoms with Crippen molar-refractivity contribution in [3.8, 4) is 23.0 Å². The van der Waals surface area contributed by atoms with Crippen molar-refractivity contribution >= 4 is 116 Å². The molecular weight excluding hydrogens is 1670 g/mol. The van der Waals surface area contributed by atoms with Gasteiger partial charge in [0.2, 0.25) is 0 Å². The summed E-state index contributed by atoms with van der Waals surface area (Å²) in [6.07, 6.45) is 1.89. The van der Waals surface area contributed by atoms with Crippen LogP contribution < -0.4 is 82.7 Å². The fourth-order valence-corrected chi connectivity index (χ4v) is 14.8. The number of nitrogens with one attached hydrogen (secondary N) is 12. The van der Waals surface area contributed by atoms with E-state index in [1.807, 2.05) is 27.7 Å². The van der Waals surface area contributed by atoms with E-state index in [0.29, 0.717) is 183 Å². The smallest absolute Gasteiger partial charge is 0.255 e. The lowest BCUT2D eigenvalue weighted by Gasteiger charge is -2.24. The van der Waals surface area contributed by atoms with E-state index in [2.05, 4.69) is 63.8 Å². The van der Waals surface area contributed by atoms with Crippen molar-refractivity contribution in [1.82, 2.24) is 21.3 Å². The maximum atomic E-state index is 15.5. The summed E-state index contributed by atoms with van der Waals surface area (Å²) in [7, 11) is 6.06. The van der Waals surface area contributed by atoms with Crippen molar-refractivity contribution in [2.45, 2.75) is 79.1 Å². The molecule has 0 radical (unpaired) electrons. The van der Waals surface area contributed by atoms with Crippen molar-refractivity contribution in [2.24, 2.45) is 0 Å². The van der Waals surface area contributed by atoms with Crippen LogP contribution in [-0.2, 0) is 25.7 Å². The molecule has 28 nitrogen and oxygen atoms in total. The molecule has 0 spiro atoms. The molecule has 0 atom stereocenters. The first-order valence-corrected chi connectivity index (χ1v) is 43.3. The fourth-order valence-electron chi connectivity index (χ4n) is 14.8. The molecule has 0 saturated heterocycles. The molecule has 12 N–H and O–H groups in total. The highest BCUT2D eigenvalue weighted by atomic mass is 16.5. The number of fused-ring (bicyclic) bond motifs is 8. The molecule has 12 aromatic rings. The number of ether oxygens (including phenoxy) is 4. The van der Waals surface area contributed by atoms with E-state index in [9.17, 15) is 38.4 Å². The van der Waals surface area contributed by atoms with E-state index >= 15 is 19.2 Å². The van der Waals surface area contributed by atoms with Crippen molar-refractivity contribution in [1.29, 1.82) is 0 Å². The van der Waals surface area contributed by atoms with E-state index in [1.165, 1.54) is 28.2 Å². The van der Waals surface area contributed by atoms with E-state index in [0.717, 1.165) is 0 Å². The molecule has 0 aliphatic heterocycles. The lowest BCUT2D eigenvalue weighted by Crippen LogP contribution is -2.18. The molecule has 12 aromatic carbocycles. The van der Waals surface area contributed by atoms with Gasteiger partial charge in [0.15, 0.2) is 0 Å². The quantitative estimate of drug-likeness (QED) is 0.0186. The minimum Gasteiger partial charge on any atom is -0.493 e. The molecular formula is C104H100N12O16. The van der Waals surface area contributed by atoms with E-state index in [4.69, 9.17) is 18.9 Å². The Balaban J connectivity index is 0.948. The number of benzene rings is 12. The van der Waals surface area contributed by atoms with Crippen LogP contribution in [0.5, 0.6) is 23.0 Å². The number of carbonyl (C=O) groups is 12. The number of amides is 12. The van der Waals surface area contributed by atoms with Crippen molar-refractivity contribution in [3.63, 3.8) is 0 Å². The van der Waals surface area contributed by atoms with Crippen LogP contribution in [0.4, 0.5) is 45.5 Å². The molecule has 0 aromatic heterocycles. The van der Waals surface area contributed by atoms with Crippen LogP contribution in [0.1, 0.15) is 222 Å². The van der Waals surface area contributed by atoms with Gasteiger partial charge in [-0.2, -0.15) is 0 Å². The molecule has 0 saturated carbocycles. The summed E-state index contributed by atoms with van der Waals surface area (Å²) in [5, 5.41) is 34.1. The summed E-state index contributed by atoms with van der Waals surface area (Å²) in [5.74, 6) is -3.69. The minimum atomic E-state index is -0.554. The summed E-state index contributed by atoms with van der Waals surface area (Å²) in [6.45, 7) is 8.59. The van der Waals surface area contributed by atoms with Crippen molar-refractivity contribution < 1.29 is 76.5 Å². The molecule has 0 heterocycles. The van der Waals surface area contributed by atoms with Gasteiger partial charge in [-0.15, -0.1) is 0 Å². The van der Waals surface area contributed by atoms with E-state index in [1.54, 1.807) is 243 Å². The third kappa shape index (κ3) is 23.4. The number of carbonyl (C=O) groups excluding carboxylic acids is 12. The second-order valence-corrected chi connectivity index (χ2v) is 31.2. The fraction of sp³-hybridized carbons (Fsp3) is 0.192. The predicted octanol–water partition coefficient (Wildman–Crippen LogP) is 17.0. The zero-order valence-electron chi connectivity index (χ0n) is 74.1. The molecule has 132 heavy (non-hydrogen) atoms. The average Bonchev–Trinajstić information content (AvgIpc) is 0.763. The summed E-state index contributed by atoms with van der Waals surface area (Å²) < 4.78 is 28.0. The minimum absolute atomic E-state index is 0.0602. The molecule has 1 aliphatic carbocycles. The van der Waals surface area contributed by atoms with Crippen LogP contribution in [-0.4, -0.2) is 126 Å². The van der Waals surface area contributed by atoms with Gasteiger partial charge in [-0.3, -0.25) is 57.5 Å². The maximum Gasteiger partial charge on any atom is 0.255 e. The first kappa shape index (κ1) is 93.1. The summed E-state index contributed by atoms with van der Waals surface area (Å²) in [6, 6.07) is 64.7. The van der Waals surface area contributed by atoms with Crippen LogP contribution >= 0.6 is 0 Å². The Hall–Kier alpha value is -16.5. The third-order valence-electron chi connectivity index (χ3n) is 21.5. The molecule has 12 amide bonds. The zero-order chi connectivity index (χ0) is 93.5. The van der Waals surface area contributed by atoms with Crippen molar-refractivity contribution in [3.05, 3.63) is 354 Å². The molecule has 1 aliphatic rings. The Kier molecular flexibility index (Phi) is 30.9. The van der Waals surface area contributed by atoms with Gasteiger partial charge in [0.1, 0.15) is 23.0 Å². The standard InChI is InChI=1S/C104H100N12O16/c1-9-45-129-89-69-49-71-55-78(102(126)114-86-39-31-82(32-40-86)110-98(122)66-23-15-62(16-24-66)94(118)106-6)57-73(90(71)130-46-10-2)51-75-59-80(104(128)116-88-43-35-84(36-44-88)112-100(124)68-27-19-64(20-28-68)96(120)108-8)60-76(92(75)132-48-12-4)52-74-58-79(103(127)115-87-41-33-83(34-42-87)111-99(123)67-25-17-63(18-26-67)95(119)107-7)56-72(91(74)131-47-11-3)50-70(89)54-77(53-69)101(125)113-85-37-29-81(30-38-85)109-97(121)65-21-13-61(14-22-65)93(117)105-5/h13-44,53-60H,9-12,45-52H2,1-8H3,(H,105,117)(H,106,118)(H,107,119)(H,108,120)(H,109,121)(H,110,122)(H,111,123)(H,112,124)(H,113,125)(H,114,126)(H,115,127)(H,116,128). The van der Waals surface area contributed by atoms with Gasteiger partial charge in [-0.1, -0.05) is 27.7 Å². The topological polar surface area (TPSA) is 386 Å². The molecule has 0 unspecified atom stereocenters. The van der Waals surface area contributed by atoms with Gasteiger partial charge in [0.25, 0.3) is 70.9 Å². The van der Waals surface area contributed by atoms with Gasteiger partial charge in [0, 0.05) is 166 Å². The zero-order valence-corrected chi connectivity index (χ0v) is 74.1. The van der Waals surface area contributed by atoms with Crippen LogP contribution in [0.3, 0.4) is 0 Å². The number of hydrogen-bond donors (Lipinski definition) is 12. The first-order valence-electron chi connectivity index (χ1n) is 43.3.